The predicted octanol–water partition coefficient (Wildman–Crippen LogP) is 1.33. The second-order valence-electron chi connectivity index (χ2n) is 3.96. The van der Waals surface area contributed by atoms with Gasteiger partial charge in [-0.15, -0.1) is 5.10 Å². The molecule has 1 fully saturated rings. The van der Waals surface area contributed by atoms with E-state index in [0.29, 0.717) is 17.2 Å². The fraction of sp³-hybridized carbons (Fsp3) is 0.778. The molecule has 2 rings (SSSR count). The molecule has 0 spiro atoms. The number of nitrogens with two attached hydrogens (primary N) is 1. The van der Waals surface area contributed by atoms with E-state index in [9.17, 15) is 0 Å². The Kier molecular flexibility index (Phi) is 2.78. The zero-order valence-corrected chi connectivity index (χ0v) is 9.34. The number of aromatic amines is 1. The lowest BCUT2D eigenvalue weighted by atomic mass is 10.1. The molecule has 78 valence electrons. The van der Waals surface area contributed by atoms with Gasteiger partial charge in [-0.2, -0.15) is 0 Å². The number of aryl methyl sites for hydroxylation is 1. The molecule has 1 heterocycles. The van der Waals surface area contributed by atoms with E-state index in [1.807, 2.05) is 6.92 Å². The van der Waals surface area contributed by atoms with Crippen LogP contribution in [0.2, 0.25) is 0 Å². The minimum absolute atomic E-state index is 0.354. The van der Waals surface area contributed by atoms with Gasteiger partial charge in [0.2, 0.25) is 5.16 Å². The maximum Gasteiger partial charge on any atom is 0.208 e. The van der Waals surface area contributed by atoms with Gasteiger partial charge in [-0.25, -0.2) is 4.98 Å². The summed E-state index contributed by atoms with van der Waals surface area (Å²) >= 11 is 1.75. The third-order valence-corrected chi connectivity index (χ3v) is 4.24. The average molecular weight is 212 g/mol. The summed E-state index contributed by atoms with van der Waals surface area (Å²) in [5.41, 5.74) is 5.97. The number of aromatic nitrogens is 3. The van der Waals surface area contributed by atoms with E-state index in [1.54, 1.807) is 11.8 Å². The Morgan fingerprint density at radius 2 is 2.29 bits per heavy atom. The van der Waals surface area contributed by atoms with Crippen molar-refractivity contribution in [3.63, 3.8) is 0 Å². The van der Waals surface area contributed by atoms with Crippen molar-refractivity contribution in [2.45, 2.75) is 43.1 Å². The molecule has 1 aliphatic rings. The van der Waals surface area contributed by atoms with E-state index >= 15 is 0 Å². The Hall–Kier alpha value is -0.550. The minimum atomic E-state index is 0.354. The van der Waals surface area contributed by atoms with Crippen LogP contribution in [-0.2, 0) is 0 Å². The number of nitrogens with zero attached hydrogens (tertiary/aromatic N) is 2. The van der Waals surface area contributed by atoms with Crippen LogP contribution in [0.15, 0.2) is 5.16 Å². The van der Waals surface area contributed by atoms with Gasteiger partial charge >= 0.3 is 0 Å². The topological polar surface area (TPSA) is 67.6 Å². The van der Waals surface area contributed by atoms with Crippen molar-refractivity contribution >= 4 is 11.8 Å². The van der Waals surface area contributed by atoms with E-state index in [1.165, 1.54) is 6.42 Å². The molecule has 1 aromatic rings. The largest absolute Gasteiger partial charge is 0.327 e. The van der Waals surface area contributed by atoms with E-state index in [-0.39, 0.29) is 0 Å². The van der Waals surface area contributed by atoms with Gasteiger partial charge in [0.1, 0.15) is 5.82 Å². The van der Waals surface area contributed by atoms with Crippen LogP contribution in [0.25, 0.3) is 0 Å². The number of thioether (sulfide) groups is 1. The van der Waals surface area contributed by atoms with Crippen LogP contribution in [0.3, 0.4) is 0 Å². The molecular formula is C9H16N4S. The van der Waals surface area contributed by atoms with Crippen molar-refractivity contribution in [3.8, 4) is 0 Å². The van der Waals surface area contributed by atoms with E-state index in [4.69, 9.17) is 5.73 Å². The molecular weight excluding hydrogens is 196 g/mol. The quantitative estimate of drug-likeness (QED) is 0.776. The summed E-state index contributed by atoms with van der Waals surface area (Å²) in [6.45, 7) is 4.13. The first-order chi connectivity index (χ1) is 6.66. The Morgan fingerprint density at radius 1 is 1.50 bits per heavy atom. The zero-order valence-electron chi connectivity index (χ0n) is 8.53. The van der Waals surface area contributed by atoms with Crippen LogP contribution in [-0.4, -0.2) is 26.5 Å². The highest BCUT2D eigenvalue weighted by Crippen LogP contribution is 2.36. The summed E-state index contributed by atoms with van der Waals surface area (Å²) in [6, 6.07) is 0.354. The lowest BCUT2D eigenvalue weighted by Gasteiger charge is -2.15. The summed E-state index contributed by atoms with van der Waals surface area (Å²) in [5, 5.41) is 8.42. The van der Waals surface area contributed by atoms with Gasteiger partial charge in [-0.05, 0) is 25.7 Å². The molecule has 5 heteroatoms. The van der Waals surface area contributed by atoms with Gasteiger partial charge in [-0.3, -0.25) is 5.10 Å². The Bertz CT molecular complexity index is 312. The average Bonchev–Trinajstić information content (AvgIpc) is 2.67. The van der Waals surface area contributed by atoms with Gasteiger partial charge in [-0.1, -0.05) is 18.7 Å². The summed E-state index contributed by atoms with van der Waals surface area (Å²) in [6.07, 6.45) is 2.31. The Balaban J connectivity index is 1.98. The van der Waals surface area contributed by atoms with Crippen LogP contribution >= 0.6 is 11.8 Å². The molecule has 0 radical (unpaired) electrons. The SMILES string of the molecule is Cc1nc(SC2CCC(N)C2C)n[nH]1. The van der Waals surface area contributed by atoms with Crippen molar-refractivity contribution in [3.05, 3.63) is 5.82 Å². The second-order valence-corrected chi connectivity index (χ2v) is 5.17. The molecule has 1 saturated carbocycles. The summed E-state index contributed by atoms with van der Waals surface area (Å²) in [5.74, 6) is 1.45. The molecule has 4 nitrogen and oxygen atoms in total. The Labute approximate surface area is 88.1 Å². The molecule has 0 aromatic carbocycles. The van der Waals surface area contributed by atoms with Crippen molar-refractivity contribution in [2.75, 3.05) is 0 Å². The van der Waals surface area contributed by atoms with Gasteiger partial charge in [0.15, 0.2) is 0 Å². The molecule has 14 heavy (non-hydrogen) atoms. The lowest BCUT2D eigenvalue weighted by molar-refractivity contribution is 0.534. The number of hydrogen-bond donors (Lipinski definition) is 2. The van der Waals surface area contributed by atoms with Gasteiger partial charge in [0.05, 0.1) is 0 Å². The van der Waals surface area contributed by atoms with Gasteiger partial charge < -0.3 is 5.73 Å². The first-order valence-electron chi connectivity index (χ1n) is 4.98. The second kappa shape index (κ2) is 3.90. The molecule has 3 unspecified atom stereocenters. The summed E-state index contributed by atoms with van der Waals surface area (Å²) in [4.78, 5) is 4.29. The van der Waals surface area contributed by atoms with E-state index in [2.05, 4.69) is 22.1 Å². The van der Waals surface area contributed by atoms with Gasteiger partial charge in [0, 0.05) is 11.3 Å². The molecule has 0 aliphatic heterocycles. The number of nitrogens with one attached hydrogen (secondary N) is 1. The van der Waals surface area contributed by atoms with Crippen molar-refractivity contribution < 1.29 is 0 Å². The van der Waals surface area contributed by atoms with Crippen LogP contribution in [0.4, 0.5) is 0 Å². The molecule has 1 aliphatic carbocycles. The van der Waals surface area contributed by atoms with Crippen molar-refractivity contribution in [2.24, 2.45) is 11.7 Å². The number of hydrogen-bond acceptors (Lipinski definition) is 4. The molecule has 0 bridgehead atoms. The zero-order chi connectivity index (χ0) is 10.1. The molecule has 1 aromatic heterocycles. The summed E-state index contributed by atoms with van der Waals surface area (Å²) in [7, 11) is 0. The van der Waals surface area contributed by atoms with Crippen molar-refractivity contribution in [1.82, 2.24) is 15.2 Å². The van der Waals surface area contributed by atoms with Gasteiger partial charge in [0.25, 0.3) is 0 Å². The first kappa shape index (κ1) is 9.98. The highest BCUT2D eigenvalue weighted by Gasteiger charge is 2.31. The standard InChI is InChI=1S/C9H16N4S/c1-5-7(10)3-4-8(5)14-9-11-6(2)12-13-9/h5,7-8H,3-4,10H2,1-2H3,(H,11,12,13). The van der Waals surface area contributed by atoms with E-state index in [0.717, 1.165) is 17.4 Å². The van der Waals surface area contributed by atoms with Crippen LogP contribution in [0.5, 0.6) is 0 Å². The Morgan fingerprint density at radius 3 is 2.79 bits per heavy atom. The van der Waals surface area contributed by atoms with E-state index < -0.39 is 0 Å². The smallest absolute Gasteiger partial charge is 0.208 e. The number of H-pyrrole nitrogens is 1. The highest BCUT2D eigenvalue weighted by molar-refractivity contribution is 7.99. The maximum absolute atomic E-state index is 5.97. The summed E-state index contributed by atoms with van der Waals surface area (Å²) < 4.78 is 0. The monoisotopic (exact) mass is 212 g/mol. The third-order valence-electron chi connectivity index (χ3n) is 2.88. The lowest BCUT2D eigenvalue weighted by Crippen LogP contribution is -2.26. The van der Waals surface area contributed by atoms with Crippen molar-refractivity contribution in [1.29, 1.82) is 0 Å². The van der Waals surface area contributed by atoms with Crippen LogP contribution in [0, 0.1) is 12.8 Å². The number of rotatable bonds is 2. The predicted molar refractivity (Wildman–Crippen MR) is 57.1 cm³/mol. The molecule has 0 amide bonds. The highest BCUT2D eigenvalue weighted by atomic mass is 32.2. The van der Waals surface area contributed by atoms with Crippen LogP contribution in [0.1, 0.15) is 25.6 Å². The molecule has 0 saturated heterocycles. The third kappa shape index (κ3) is 1.93. The first-order valence-corrected chi connectivity index (χ1v) is 5.86. The fourth-order valence-electron chi connectivity index (χ4n) is 1.83. The molecule has 3 atom stereocenters. The molecule has 3 N–H and O–H groups in total. The fourth-order valence-corrected chi connectivity index (χ4v) is 3.06. The maximum atomic E-state index is 5.97. The van der Waals surface area contributed by atoms with Crippen LogP contribution < -0.4 is 5.73 Å². The normalized spacial score (nSPS) is 32.4. The minimum Gasteiger partial charge on any atom is -0.327 e.